The summed E-state index contributed by atoms with van der Waals surface area (Å²) < 4.78 is 74.6. The second kappa shape index (κ2) is 23.2. The predicted octanol–water partition coefficient (Wildman–Crippen LogP) is 0.585. The van der Waals surface area contributed by atoms with Gasteiger partial charge in [-0.3, -0.25) is 16.5 Å². The molecule has 0 aliphatic heterocycles. The third-order valence-electron chi connectivity index (χ3n) is 1.00. The first-order chi connectivity index (χ1) is 9.42. The maximum absolute atomic E-state index is 11.2. The van der Waals surface area contributed by atoms with E-state index in [0.717, 1.165) is 14.0 Å². The van der Waals surface area contributed by atoms with Crippen LogP contribution in [0, 0.1) is 0 Å². The molecule has 0 heterocycles. The number of alkyl halides is 6. The Kier molecular flexibility index (Phi) is 40.0. The fourth-order valence-electron chi connectivity index (χ4n) is 0.0732. The zero-order chi connectivity index (χ0) is 18.9. The zero-order valence-corrected chi connectivity index (χ0v) is 15.9. The Balaban J connectivity index is -0.0000000420. The third kappa shape index (κ3) is 36.8. The van der Waals surface area contributed by atoms with Gasteiger partial charge in [0.25, 0.3) is 0 Å². The van der Waals surface area contributed by atoms with E-state index in [9.17, 15) is 31.1 Å². The van der Waals surface area contributed by atoms with Crippen LogP contribution in [0.1, 0.15) is 21.3 Å². The number of hydrazone groups is 1. The van der Waals surface area contributed by atoms with E-state index in [0.29, 0.717) is 6.92 Å². The molecule has 0 atom stereocenters. The van der Waals surface area contributed by atoms with Crippen LogP contribution in [-0.2, 0) is 4.83 Å². The van der Waals surface area contributed by atoms with E-state index in [2.05, 4.69) is 22.6 Å². The summed E-state index contributed by atoms with van der Waals surface area (Å²) in [6.07, 6.45) is -9.01. The molecule has 0 aliphatic rings. The van der Waals surface area contributed by atoms with Gasteiger partial charge >= 0.3 is 59.1 Å². The summed E-state index contributed by atoms with van der Waals surface area (Å²) in [5.74, 6) is 10.6. The molecule has 0 saturated heterocycles. The van der Waals surface area contributed by atoms with Gasteiger partial charge < -0.3 is 10.9 Å². The van der Waals surface area contributed by atoms with Crippen molar-refractivity contribution in [1.82, 2.24) is 0 Å². The Labute approximate surface area is 157 Å². The van der Waals surface area contributed by atoms with Gasteiger partial charge in [-0.15, -0.1) is 0 Å². The van der Waals surface area contributed by atoms with E-state index in [-0.39, 0.29) is 54.1 Å². The average Bonchev–Trinajstić information content (AvgIpc) is 2.43. The molecule has 0 rings (SSSR count). The zero-order valence-electron chi connectivity index (χ0n) is 11.4. The number of aliphatic hydroxyl groups is 1. The van der Waals surface area contributed by atoms with E-state index in [1.54, 1.807) is 0 Å². The fourth-order valence-corrected chi connectivity index (χ4v) is 0.0732. The molecule has 0 unspecified atom stereocenters. The molecule has 0 aromatic carbocycles. The maximum atomic E-state index is 11.2. The number of hydrazine groups is 1. The minimum absolute atomic E-state index is 0. The molecule has 0 aromatic rings. The topological polar surface area (TPSA) is 145 Å². The number of carbonyl (C=O) groups excluding carboxylic acids is 1. The van der Waals surface area contributed by atoms with E-state index in [1.807, 2.05) is 0 Å². The monoisotopic (exact) mass is 472 g/mol. The SMILES string of the molecule is C.CC(=NN)C(F)(F)F.CC(=O)C(F)(F)F.CO.NN.[O]=[Ba]. The normalized spacial score (nSPS) is 9.64. The van der Waals surface area contributed by atoms with Crippen molar-refractivity contribution in [2.45, 2.75) is 33.6 Å². The number of halogens is 6. The second-order valence-electron chi connectivity index (χ2n) is 2.27. The molecule has 0 aromatic heterocycles. The molecule has 0 saturated carbocycles. The van der Waals surface area contributed by atoms with Crippen LogP contribution in [0.3, 0.4) is 0 Å². The van der Waals surface area contributed by atoms with Crippen LogP contribution in [0.25, 0.3) is 0 Å². The first-order valence-electron chi connectivity index (χ1n) is 4.39. The van der Waals surface area contributed by atoms with Crippen molar-refractivity contribution in [2.24, 2.45) is 22.6 Å². The van der Waals surface area contributed by atoms with E-state index in [4.69, 9.17) is 5.15 Å². The Morgan fingerprint density at radius 1 is 0.955 bits per heavy atom. The van der Waals surface area contributed by atoms with Crippen LogP contribution in [0.15, 0.2) is 5.10 Å². The number of hydrogen-bond donors (Lipinski definition) is 4. The van der Waals surface area contributed by atoms with Crippen molar-refractivity contribution < 1.29 is 36.3 Å². The van der Waals surface area contributed by atoms with Crippen LogP contribution in [0.2, 0.25) is 0 Å². The van der Waals surface area contributed by atoms with Crippen LogP contribution in [-0.4, -0.2) is 82.8 Å². The van der Waals surface area contributed by atoms with Gasteiger partial charge in [0.15, 0.2) is 0 Å². The molecule has 0 fully saturated rings. The summed E-state index contributed by atoms with van der Waals surface area (Å²) in [6.45, 7) is 1.29. The van der Waals surface area contributed by atoms with Crippen LogP contribution >= 0.6 is 0 Å². The number of rotatable bonds is 0. The van der Waals surface area contributed by atoms with Gasteiger partial charge in [0.1, 0.15) is 5.71 Å². The minimum atomic E-state index is -4.64. The number of aliphatic hydroxyl groups excluding tert-OH is 1. The van der Waals surface area contributed by atoms with Gasteiger partial charge in [0.2, 0.25) is 5.78 Å². The third-order valence-corrected chi connectivity index (χ3v) is 1.00. The Morgan fingerprint density at radius 2 is 1.14 bits per heavy atom. The average molecular weight is 472 g/mol. The van der Waals surface area contributed by atoms with Crippen LogP contribution in [0.4, 0.5) is 26.3 Å². The van der Waals surface area contributed by atoms with E-state index < -0.39 is 23.8 Å². The molecule has 0 spiro atoms. The van der Waals surface area contributed by atoms with Crippen LogP contribution < -0.4 is 17.5 Å². The summed E-state index contributed by atoms with van der Waals surface area (Å²) in [6, 6.07) is 0. The molecule has 0 amide bonds. The number of ketones is 1. The number of nitrogens with zero attached hydrogens (tertiary/aromatic N) is 1. The van der Waals surface area contributed by atoms with Crippen LogP contribution in [0.5, 0.6) is 0 Å². The number of hydrogen-bond acceptors (Lipinski definition) is 7. The first kappa shape index (κ1) is 37.9. The molecule has 7 nitrogen and oxygen atoms in total. The summed E-state index contributed by atoms with van der Waals surface area (Å²) in [5.41, 5.74) is -1.02. The second-order valence-corrected chi connectivity index (χ2v) is 2.27. The Morgan fingerprint density at radius 3 is 1.14 bits per heavy atom. The standard InChI is InChI=1S/C3H5F3N2.C3H3F3O.CH4O.CH4.Ba.H4N2.O/c1-2(8-7)3(4,5)6;1-2(7)3(4,5)6;1-2;;;1-2;/h7H2,1H3;1H3;2H,1H3;1H4;;1-2H2;. The number of carbonyl (C=O) groups is 1. The molecular formula is C8H20BaF6N4O3. The Hall–Kier alpha value is -0.0286. The molecule has 0 bridgehead atoms. The van der Waals surface area contributed by atoms with Crippen molar-refractivity contribution in [3.63, 3.8) is 0 Å². The molecular weight excluding hydrogens is 451 g/mol. The Bertz CT molecular complexity index is 274. The van der Waals surface area contributed by atoms with Crippen molar-refractivity contribution >= 4 is 58.2 Å². The summed E-state index contributed by atoms with van der Waals surface area (Å²) in [5, 5.41) is 9.45. The van der Waals surface area contributed by atoms with Gasteiger partial charge in [-0.2, -0.15) is 31.4 Å². The summed E-state index contributed by atoms with van der Waals surface area (Å²) in [4.78, 5) is 9.34. The van der Waals surface area contributed by atoms with Crippen molar-refractivity contribution in [3.8, 4) is 0 Å². The first-order valence-corrected chi connectivity index (χ1v) is 6.20. The molecule has 134 valence electrons. The fraction of sp³-hybridized carbons (Fsp3) is 0.750. The molecule has 22 heavy (non-hydrogen) atoms. The van der Waals surface area contributed by atoms with Crippen molar-refractivity contribution in [2.75, 3.05) is 7.11 Å². The molecule has 7 N–H and O–H groups in total. The number of Topliss-reactive ketones (excluding diaryl/α,β-unsaturated/α-hetero) is 1. The van der Waals surface area contributed by atoms with Crippen molar-refractivity contribution in [1.29, 1.82) is 0 Å². The van der Waals surface area contributed by atoms with Gasteiger partial charge in [0.05, 0.1) is 0 Å². The molecule has 14 heteroatoms. The van der Waals surface area contributed by atoms with E-state index >= 15 is 0 Å². The summed E-state index contributed by atoms with van der Waals surface area (Å²) in [7, 11) is 1.00. The van der Waals surface area contributed by atoms with Gasteiger partial charge in [-0.1, -0.05) is 7.43 Å². The van der Waals surface area contributed by atoms with Crippen molar-refractivity contribution in [3.05, 3.63) is 0 Å². The number of nitrogens with two attached hydrogens (primary N) is 3. The summed E-state index contributed by atoms with van der Waals surface area (Å²) >= 11 is -0.222. The molecule has 0 aliphatic carbocycles. The van der Waals surface area contributed by atoms with E-state index in [1.165, 1.54) is 0 Å². The van der Waals surface area contributed by atoms with Gasteiger partial charge in [-0.25, -0.2) is 0 Å². The predicted molar refractivity (Wildman–Crippen MR) is 69.8 cm³/mol. The quantitative estimate of drug-likeness (QED) is 0.134. The van der Waals surface area contributed by atoms with Gasteiger partial charge in [0, 0.05) is 14.0 Å². The molecule has 0 radical (unpaired) electrons. The van der Waals surface area contributed by atoms with Gasteiger partial charge in [-0.05, 0) is 6.92 Å².